The Hall–Kier alpha value is -2.26. The van der Waals surface area contributed by atoms with E-state index in [4.69, 9.17) is 16.0 Å². The fraction of sp³-hybridized carbons (Fsp3) is 0.0625. The highest BCUT2D eigenvalue weighted by Gasteiger charge is 2.21. The van der Waals surface area contributed by atoms with Crippen molar-refractivity contribution in [1.29, 1.82) is 0 Å². The molecule has 1 N–H and O–H groups in total. The number of aromatic carboxylic acids is 1. The van der Waals surface area contributed by atoms with Gasteiger partial charge in [0.25, 0.3) is 0 Å². The average molecular weight is 287 g/mol. The first kappa shape index (κ1) is 12.8. The maximum Gasteiger partial charge on any atom is 0.372 e. The van der Waals surface area contributed by atoms with Gasteiger partial charge in [-0.3, -0.25) is 0 Å². The number of aryl methyl sites for hydroxylation is 1. The summed E-state index contributed by atoms with van der Waals surface area (Å²) in [6.45, 7) is 1.98. The third kappa shape index (κ3) is 2.06. The summed E-state index contributed by atoms with van der Waals surface area (Å²) in [5, 5.41) is 10.6. The van der Waals surface area contributed by atoms with Gasteiger partial charge in [-0.25, -0.2) is 4.79 Å². The van der Waals surface area contributed by atoms with E-state index in [2.05, 4.69) is 0 Å². The van der Waals surface area contributed by atoms with Crippen LogP contribution in [-0.2, 0) is 0 Å². The van der Waals surface area contributed by atoms with E-state index >= 15 is 0 Å². The Balaban J connectivity index is 2.36. The van der Waals surface area contributed by atoms with E-state index < -0.39 is 5.97 Å². The molecule has 3 aromatic rings. The van der Waals surface area contributed by atoms with Crippen LogP contribution in [0, 0.1) is 6.92 Å². The first-order chi connectivity index (χ1) is 9.56. The van der Waals surface area contributed by atoms with Crippen LogP contribution in [0.1, 0.15) is 16.1 Å². The van der Waals surface area contributed by atoms with Crippen molar-refractivity contribution >= 4 is 28.5 Å². The number of carbonyl (C=O) groups is 1. The molecule has 0 atom stereocenters. The average Bonchev–Trinajstić information content (AvgIpc) is 2.78. The van der Waals surface area contributed by atoms with Gasteiger partial charge < -0.3 is 9.52 Å². The lowest BCUT2D eigenvalue weighted by molar-refractivity contribution is 0.0666. The largest absolute Gasteiger partial charge is 0.475 e. The van der Waals surface area contributed by atoms with Crippen LogP contribution in [-0.4, -0.2) is 11.1 Å². The quantitative estimate of drug-likeness (QED) is 0.739. The molecule has 3 rings (SSSR count). The first-order valence-electron chi connectivity index (χ1n) is 6.08. The van der Waals surface area contributed by atoms with Crippen molar-refractivity contribution in [3.63, 3.8) is 0 Å². The van der Waals surface area contributed by atoms with E-state index in [-0.39, 0.29) is 5.76 Å². The number of fused-ring (bicyclic) bond motifs is 1. The van der Waals surface area contributed by atoms with E-state index in [1.54, 1.807) is 18.2 Å². The summed E-state index contributed by atoms with van der Waals surface area (Å²) < 4.78 is 5.44. The van der Waals surface area contributed by atoms with Gasteiger partial charge >= 0.3 is 5.97 Å². The van der Waals surface area contributed by atoms with Crippen LogP contribution >= 0.6 is 11.6 Å². The lowest BCUT2D eigenvalue weighted by atomic mass is 10.0. The number of halogens is 1. The SMILES string of the molecule is Cc1ccc(-c2c(C(=O)O)oc3ccc(Cl)cc23)cc1. The van der Waals surface area contributed by atoms with E-state index in [0.717, 1.165) is 11.1 Å². The molecule has 0 aliphatic carbocycles. The Morgan fingerprint density at radius 2 is 1.85 bits per heavy atom. The minimum atomic E-state index is -1.09. The highest BCUT2D eigenvalue weighted by molar-refractivity contribution is 6.31. The molecule has 0 spiro atoms. The minimum Gasteiger partial charge on any atom is -0.475 e. The molecule has 0 fully saturated rings. The lowest BCUT2D eigenvalue weighted by Gasteiger charge is -2.01. The molecule has 4 heteroatoms. The molecular weight excluding hydrogens is 276 g/mol. The molecule has 20 heavy (non-hydrogen) atoms. The number of furan rings is 1. The second kappa shape index (κ2) is 4.69. The molecule has 0 amide bonds. The number of hydrogen-bond donors (Lipinski definition) is 1. The molecule has 2 aromatic carbocycles. The van der Waals surface area contributed by atoms with E-state index in [1.807, 2.05) is 31.2 Å². The van der Waals surface area contributed by atoms with Crippen LogP contribution in [0.25, 0.3) is 22.1 Å². The summed E-state index contributed by atoms with van der Waals surface area (Å²) in [5.74, 6) is -1.15. The number of carboxylic acid groups (broad SMARTS) is 1. The van der Waals surface area contributed by atoms with Crippen molar-refractivity contribution in [3.8, 4) is 11.1 Å². The van der Waals surface area contributed by atoms with Gasteiger partial charge in [0, 0.05) is 16.0 Å². The van der Waals surface area contributed by atoms with Gasteiger partial charge in [0.2, 0.25) is 5.76 Å². The monoisotopic (exact) mass is 286 g/mol. The van der Waals surface area contributed by atoms with Crippen molar-refractivity contribution in [2.24, 2.45) is 0 Å². The normalized spacial score (nSPS) is 10.9. The van der Waals surface area contributed by atoms with Crippen LogP contribution in [0.2, 0.25) is 5.02 Å². The van der Waals surface area contributed by atoms with E-state index in [1.165, 1.54) is 0 Å². The third-order valence-electron chi connectivity index (χ3n) is 3.18. The maximum absolute atomic E-state index is 11.4. The van der Waals surface area contributed by atoms with Gasteiger partial charge in [0.15, 0.2) is 0 Å². The van der Waals surface area contributed by atoms with Crippen LogP contribution in [0.3, 0.4) is 0 Å². The molecule has 0 saturated heterocycles. The summed E-state index contributed by atoms with van der Waals surface area (Å²) in [5.41, 5.74) is 2.99. The zero-order valence-electron chi connectivity index (χ0n) is 10.7. The molecular formula is C16H11ClO3. The van der Waals surface area contributed by atoms with Gasteiger partial charge in [-0.2, -0.15) is 0 Å². The summed E-state index contributed by atoms with van der Waals surface area (Å²) in [6.07, 6.45) is 0. The third-order valence-corrected chi connectivity index (χ3v) is 3.42. The van der Waals surface area contributed by atoms with Crippen LogP contribution in [0.5, 0.6) is 0 Å². The molecule has 100 valence electrons. The van der Waals surface area contributed by atoms with Gasteiger partial charge in [-0.15, -0.1) is 0 Å². The predicted molar refractivity (Wildman–Crippen MR) is 78.4 cm³/mol. The highest BCUT2D eigenvalue weighted by Crippen LogP contribution is 2.36. The van der Waals surface area contributed by atoms with Crippen molar-refractivity contribution in [1.82, 2.24) is 0 Å². The molecule has 0 saturated carbocycles. The smallest absolute Gasteiger partial charge is 0.372 e. The number of rotatable bonds is 2. The Kier molecular flexibility index (Phi) is 2.99. The predicted octanol–water partition coefficient (Wildman–Crippen LogP) is 4.76. The van der Waals surface area contributed by atoms with Gasteiger partial charge in [-0.05, 0) is 30.7 Å². The summed E-state index contributed by atoms with van der Waals surface area (Å²) in [4.78, 5) is 11.4. The van der Waals surface area contributed by atoms with Crippen molar-refractivity contribution in [2.45, 2.75) is 6.92 Å². The van der Waals surface area contributed by atoms with Gasteiger partial charge in [0.1, 0.15) is 5.58 Å². The van der Waals surface area contributed by atoms with Crippen LogP contribution in [0.15, 0.2) is 46.9 Å². The highest BCUT2D eigenvalue weighted by atomic mass is 35.5. The lowest BCUT2D eigenvalue weighted by Crippen LogP contribution is -1.96. The summed E-state index contributed by atoms with van der Waals surface area (Å²) in [7, 11) is 0. The Labute approximate surface area is 120 Å². The van der Waals surface area contributed by atoms with Gasteiger partial charge in [0.05, 0.1) is 0 Å². The number of benzene rings is 2. The molecule has 0 aliphatic heterocycles. The molecule has 0 radical (unpaired) electrons. The second-order valence-electron chi connectivity index (χ2n) is 4.62. The van der Waals surface area contributed by atoms with Crippen LogP contribution < -0.4 is 0 Å². The zero-order chi connectivity index (χ0) is 14.3. The van der Waals surface area contributed by atoms with Crippen molar-refractivity contribution in [3.05, 3.63) is 58.8 Å². The topological polar surface area (TPSA) is 50.4 Å². The molecule has 1 heterocycles. The van der Waals surface area contributed by atoms with Gasteiger partial charge in [-0.1, -0.05) is 41.4 Å². The fourth-order valence-electron chi connectivity index (χ4n) is 2.23. The molecule has 0 bridgehead atoms. The number of hydrogen-bond acceptors (Lipinski definition) is 2. The second-order valence-corrected chi connectivity index (χ2v) is 5.05. The van der Waals surface area contributed by atoms with Crippen molar-refractivity contribution in [2.75, 3.05) is 0 Å². The number of carboxylic acids is 1. The molecule has 0 aliphatic rings. The Morgan fingerprint density at radius 3 is 2.50 bits per heavy atom. The maximum atomic E-state index is 11.4. The zero-order valence-corrected chi connectivity index (χ0v) is 11.4. The van der Waals surface area contributed by atoms with E-state index in [9.17, 15) is 9.90 Å². The van der Waals surface area contributed by atoms with Crippen LogP contribution in [0.4, 0.5) is 0 Å². The molecule has 1 aromatic heterocycles. The summed E-state index contributed by atoms with van der Waals surface area (Å²) in [6, 6.07) is 12.7. The molecule has 0 unspecified atom stereocenters. The van der Waals surface area contributed by atoms with Crippen molar-refractivity contribution < 1.29 is 14.3 Å². The minimum absolute atomic E-state index is 0.0638. The Bertz CT molecular complexity index is 800. The molecule has 3 nitrogen and oxygen atoms in total. The first-order valence-corrected chi connectivity index (χ1v) is 6.46. The Morgan fingerprint density at radius 1 is 1.15 bits per heavy atom. The van der Waals surface area contributed by atoms with E-state index in [0.29, 0.717) is 21.6 Å². The fourth-order valence-corrected chi connectivity index (χ4v) is 2.40. The standard InChI is InChI=1S/C16H11ClO3/c1-9-2-4-10(5-3-9)14-12-8-11(17)6-7-13(12)20-15(14)16(18)19/h2-8H,1H3,(H,18,19). The summed E-state index contributed by atoms with van der Waals surface area (Å²) >= 11 is 6.00.